The average Bonchev–Trinajstić information content (AvgIpc) is 3.67. The van der Waals surface area contributed by atoms with Crippen molar-refractivity contribution in [3.63, 3.8) is 0 Å². The van der Waals surface area contributed by atoms with Crippen LogP contribution in [0.25, 0.3) is 121 Å². The van der Waals surface area contributed by atoms with E-state index in [0.717, 1.165) is 0 Å². The number of aryl methyl sites for hydroxylation is 6. The number of hydrogen-bond acceptors (Lipinski definition) is 0. The number of rotatable bonds is 2. The molecule has 10 aromatic carbocycles. The largest absolute Gasteiger partial charge is 0.0610 e. The van der Waals surface area contributed by atoms with Crippen molar-refractivity contribution < 1.29 is 0 Å². The zero-order valence-electron chi connectivity index (χ0n) is 32.7. The lowest BCUT2D eigenvalue weighted by molar-refractivity contribution is 1.32. The summed E-state index contributed by atoms with van der Waals surface area (Å²) in [6.07, 6.45) is 0. The van der Waals surface area contributed by atoms with Crippen LogP contribution in [0.5, 0.6) is 0 Å². The van der Waals surface area contributed by atoms with E-state index < -0.39 is 0 Å². The van der Waals surface area contributed by atoms with Crippen LogP contribution in [0.4, 0.5) is 0 Å². The van der Waals surface area contributed by atoms with Crippen molar-refractivity contribution >= 4 is 53.9 Å². The third-order valence-corrected chi connectivity index (χ3v) is 13.2. The zero-order valence-corrected chi connectivity index (χ0v) is 32.7. The van der Waals surface area contributed by atoms with Crippen LogP contribution in [0.3, 0.4) is 0 Å². The molecule has 0 spiro atoms. The van der Waals surface area contributed by atoms with Gasteiger partial charge < -0.3 is 0 Å². The molecule has 0 atom stereocenters. The summed E-state index contributed by atoms with van der Waals surface area (Å²) in [5, 5.41) is 13.2. The molecule has 0 amide bonds. The molecule has 0 unspecified atom stereocenters. The summed E-state index contributed by atoms with van der Waals surface area (Å²) in [6, 6.07) is 51.7. The molecule has 2 aliphatic carbocycles. The van der Waals surface area contributed by atoms with Crippen LogP contribution in [0.15, 0.2) is 133 Å². The van der Waals surface area contributed by atoms with Gasteiger partial charge in [-0.1, -0.05) is 120 Å². The molecule has 0 heterocycles. The smallest absolute Gasteiger partial charge is 0.00135 e. The van der Waals surface area contributed by atoms with E-state index in [1.807, 2.05) is 0 Å². The molecule has 12 rings (SSSR count). The highest BCUT2D eigenvalue weighted by atomic mass is 14.3. The minimum absolute atomic E-state index is 1.30. The zero-order chi connectivity index (χ0) is 37.7. The van der Waals surface area contributed by atoms with E-state index in [4.69, 9.17) is 0 Å². The number of fused-ring (bicyclic) bond motifs is 11. The Morgan fingerprint density at radius 1 is 0.250 bits per heavy atom. The Labute approximate surface area is 327 Å². The molecule has 0 saturated carbocycles. The van der Waals surface area contributed by atoms with Gasteiger partial charge in [0.2, 0.25) is 0 Å². The summed E-state index contributed by atoms with van der Waals surface area (Å²) < 4.78 is 0. The van der Waals surface area contributed by atoms with Gasteiger partial charge in [0.25, 0.3) is 0 Å². The maximum absolute atomic E-state index is 2.55. The predicted octanol–water partition coefficient (Wildman–Crippen LogP) is 15.9. The van der Waals surface area contributed by atoms with E-state index in [2.05, 4.69) is 175 Å². The fourth-order valence-corrected chi connectivity index (χ4v) is 11.3. The van der Waals surface area contributed by atoms with Crippen molar-refractivity contribution in [1.29, 1.82) is 0 Å². The van der Waals surface area contributed by atoms with Crippen molar-refractivity contribution in [3.05, 3.63) is 167 Å². The molecular formula is C56H40. The number of benzene rings is 10. The lowest BCUT2D eigenvalue weighted by Gasteiger charge is -2.22. The van der Waals surface area contributed by atoms with Crippen LogP contribution in [-0.4, -0.2) is 0 Å². The lowest BCUT2D eigenvalue weighted by Crippen LogP contribution is -1.96. The second-order valence-corrected chi connectivity index (χ2v) is 16.8. The highest BCUT2D eigenvalue weighted by Gasteiger charge is 2.29. The third-order valence-electron chi connectivity index (χ3n) is 13.2. The van der Waals surface area contributed by atoms with Gasteiger partial charge in [-0.3, -0.25) is 0 Å². The van der Waals surface area contributed by atoms with Crippen LogP contribution in [0.2, 0.25) is 0 Å². The summed E-state index contributed by atoms with van der Waals surface area (Å²) in [4.78, 5) is 0. The van der Waals surface area contributed by atoms with Crippen molar-refractivity contribution in [2.24, 2.45) is 0 Å². The molecule has 264 valence electrons. The van der Waals surface area contributed by atoms with E-state index in [1.165, 1.54) is 154 Å². The Bertz CT molecular complexity index is 3400. The van der Waals surface area contributed by atoms with E-state index in [0.29, 0.717) is 0 Å². The standard InChI is InChI=1S/C56H40/c1-29-21-31(3)51(32(4)22-29)50-27-44-37(43-25-45-38-15-7-11-35-12-8-16-39(53(35)38)46(45)26-48(43)50)19-20-41-47(44)28-49-40-17-9-13-36-14-10-18-42(54(36)40)55(49)56(41)52-33(5)23-30(2)24-34(52)6/h7-28H,1-6H3. The quantitative estimate of drug-likeness (QED) is 0.157. The minimum atomic E-state index is 1.30. The first kappa shape index (κ1) is 31.8. The normalized spacial score (nSPS) is 12.5. The third kappa shape index (κ3) is 4.09. The summed E-state index contributed by atoms with van der Waals surface area (Å²) >= 11 is 0. The van der Waals surface area contributed by atoms with Crippen LogP contribution >= 0.6 is 0 Å². The first-order valence-electron chi connectivity index (χ1n) is 20.0. The Balaban J connectivity index is 1.29. The molecule has 2 aliphatic rings. The van der Waals surface area contributed by atoms with Gasteiger partial charge in [0, 0.05) is 0 Å². The maximum atomic E-state index is 2.55. The average molecular weight is 713 g/mol. The van der Waals surface area contributed by atoms with Crippen molar-refractivity contribution in [2.75, 3.05) is 0 Å². The Morgan fingerprint density at radius 3 is 1.25 bits per heavy atom. The monoisotopic (exact) mass is 712 g/mol. The minimum Gasteiger partial charge on any atom is -0.0610 e. The highest BCUT2D eigenvalue weighted by Crippen LogP contribution is 2.56. The SMILES string of the molecule is Cc1cc(C)c(-c2cc3c4cc5c(c(-c6c(C)cc(C)cc6C)c4ccc3c3cc4c(cc23)-c2cccc3cccc-4c23)-c2cccc3cccc-5c23)c(C)c1. The number of hydrogen-bond donors (Lipinski definition) is 0. The first-order chi connectivity index (χ1) is 27.2. The summed E-state index contributed by atoms with van der Waals surface area (Å²) in [6.45, 7) is 13.6. The second kappa shape index (κ2) is 11.1. The summed E-state index contributed by atoms with van der Waals surface area (Å²) in [5.74, 6) is 0. The van der Waals surface area contributed by atoms with Crippen LogP contribution in [0.1, 0.15) is 33.4 Å². The molecule has 0 heteroatoms. The molecule has 0 N–H and O–H groups in total. The van der Waals surface area contributed by atoms with Crippen LogP contribution in [0, 0.1) is 41.5 Å². The highest BCUT2D eigenvalue weighted by molar-refractivity contribution is 6.30. The van der Waals surface area contributed by atoms with Crippen molar-refractivity contribution in [2.45, 2.75) is 41.5 Å². The summed E-state index contributed by atoms with van der Waals surface area (Å²) in [5.41, 5.74) is 24.0. The molecule has 0 aliphatic heterocycles. The maximum Gasteiger partial charge on any atom is -0.00135 e. The first-order valence-corrected chi connectivity index (χ1v) is 20.0. The molecule has 0 bridgehead atoms. The summed E-state index contributed by atoms with van der Waals surface area (Å²) in [7, 11) is 0. The molecule has 0 nitrogen and oxygen atoms in total. The van der Waals surface area contributed by atoms with Gasteiger partial charge in [0.1, 0.15) is 0 Å². The van der Waals surface area contributed by atoms with Crippen LogP contribution < -0.4 is 0 Å². The fraction of sp³-hybridized carbons (Fsp3) is 0.107. The van der Waals surface area contributed by atoms with E-state index in [9.17, 15) is 0 Å². The molecule has 0 saturated heterocycles. The second-order valence-electron chi connectivity index (χ2n) is 16.8. The molecular weight excluding hydrogens is 673 g/mol. The van der Waals surface area contributed by atoms with Crippen molar-refractivity contribution in [1.82, 2.24) is 0 Å². The molecule has 0 aromatic heterocycles. The Hall–Kier alpha value is -6.50. The molecule has 0 fully saturated rings. The van der Waals surface area contributed by atoms with Gasteiger partial charge in [-0.2, -0.15) is 0 Å². The van der Waals surface area contributed by atoms with Crippen molar-refractivity contribution in [3.8, 4) is 66.8 Å². The van der Waals surface area contributed by atoms with Gasteiger partial charge in [0.15, 0.2) is 0 Å². The van der Waals surface area contributed by atoms with E-state index >= 15 is 0 Å². The van der Waals surface area contributed by atoms with Crippen LogP contribution in [-0.2, 0) is 0 Å². The van der Waals surface area contributed by atoms with Gasteiger partial charge >= 0.3 is 0 Å². The van der Waals surface area contributed by atoms with Gasteiger partial charge in [-0.05, 0) is 209 Å². The Morgan fingerprint density at radius 2 is 0.661 bits per heavy atom. The van der Waals surface area contributed by atoms with Gasteiger partial charge in [-0.15, -0.1) is 0 Å². The molecule has 10 aromatic rings. The van der Waals surface area contributed by atoms with Gasteiger partial charge in [0.05, 0.1) is 0 Å². The fourth-order valence-electron chi connectivity index (χ4n) is 11.3. The topological polar surface area (TPSA) is 0 Å². The predicted molar refractivity (Wildman–Crippen MR) is 242 cm³/mol. The molecule has 0 radical (unpaired) electrons. The van der Waals surface area contributed by atoms with Gasteiger partial charge in [-0.25, -0.2) is 0 Å². The molecule has 56 heavy (non-hydrogen) atoms. The van der Waals surface area contributed by atoms with E-state index in [-0.39, 0.29) is 0 Å². The van der Waals surface area contributed by atoms with E-state index in [1.54, 1.807) is 0 Å². The lowest BCUT2D eigenvalue weighted by atomic mass is 9.81. The Kier molecular flexibility index (Phi) is 6.28.